The number of para-hydroxylation sites is 1. The van der Waals surface area contributed by atoms with Crippen molar-refractivity contribution in [3.63, 3.8) is 0 Å². The molecule has 1 atom stereocenters. The number of rotatable bonds is 7. The van der Waals surface area contributed by atoms with Gasteiger partial charge in [-0.25, -0.2) is 0 Å². The number of hydrogen-bond donors (Lipinski definition) is 3. The third-order valence-electron chi connectivity index (χ3n) is 5.38. The van der Waals surface area contributed by atoms with Gasteiger partial charge in [-0.15, -0.1) is 0 Å². The van der Waals surface area contributed by atoms with E-state index in [4.69, 9.17) is 4.99 Å². The van der Waals surface area contributed by atoms with E-state index >= 15 is 0 Å². The number of aromatic amines is 1. The van der Waals surface area contributed by atoms with Crippen LogP contribution in [-0.4, -0.2) is 79.6 Å². The van der Waals surface area contributed by atoms with Crippen molar-refractivity contribution in [2.45, 2.75) is 26.3 Å². The van der Waals surface area contributed by atoms with E-state index in [0.29, 0.717) is 6.04 Å². The van der Waals surface area contributed by atoms with Gasteiger partial charge >= 0.3 is 0 Å². The second-order valence-electron chi connectivity index (χ2n) is 7.44. The summed E-state index contributed by atoms with van der Waals surface area (Å²) >= 11 is 0. The van der Waals surface area contributed by atoms with Gasteiger partial charge < -0.3 is 20.5 Å². The monoisotopic (exact) mass is 370 g/mol. The molecule has 0 saturated carbocycles. The molecule has 1 fully saturated rings. The van der Waals surface area contributed by atoms with Crippen molar-refractivity contribution in [1.29, 1.82) is 0 Å². The van der Waals surface area contributed by atoms with Crippen LogP contribution >= 0.6 is 0 Å². The molecular formula is C21H34N6. The van der Waals surface area contributed by atoms with Gasteiger partial charge in [0.2, 0.25) is 0 Å². The van der Waals surface area contributed by atoms with Gasteiger partial charge in [-0.2, -0.15) is 0 Å². The average Bonchev–Trinajstić information content (AvgIpc) is 3.09. The quantitative estimate of drug-likeness (QED) is 0.515. The molecule has 6 heteroatoms. The molecule has 1 aliphatic heterocycles. The molecule has 3 N–H and O–H groups in total. The maximum atomic E-state index is 4.82. The summed E-state index contributed by atoms with van der Waals surface area (Å²) in [6, 6.07) is 8.94. The van der Waals surface area contributed by atoms with Gasteiger partial charge in [-0.3, -0.25) is 9.89 Å². The number of piperazine rings is 1. The summed E-state index contributed by atoms with van der Waals surface area (Å²) in [6.45, 7) is 11.5. The van der Waals surface area contributed by atoms with E-state index in [2.05, 4.69) is 76.8 Å². The van der Waals surface area contributed by atoms with Crippen LogP contribution in [0.25, 0.3) is 10.9 Å². The first kappa shape index (κ1) is 19.7. The van der Waals surface area contributed by atoms with Gasteiger partial charge in [0.25, 0.3) is 0 Å². The number of guanidine groups is 1. The van der Waals surface area contributed by atoms with Crippen LogP contribution in [0.2, 0.25) is 0 Å². The zero-order valence-electron chi connectivity index (χ0n) is 17.0. The zero-order chi connectivity index (χ0) is 19.1. The molecule has 1 saturated heterocycles. The minimum Gasteiger partial charge on any atom is -0.361 e. The predicted octanol–water partition coefficient (Wildman–Crippen LogP) is 1.90. The van der Waals surface area contributed by atoms with E-state index in [0.717, 1.165) is 58.2 Å². The second-order valence-corrected chi connectivity index (χ2v) is 7.44. The lowest BCUT2D eigenvalue weighted by Crippen LogP contribution is -2.49. The number of aromatic nitrogens is 1. The molecule has 6 nitrogen and oxygen atoms in total. The Morgan fingerprint density at radius 2 is 1.96 bits per heavy atom. The molecule has 0 bridgehead atoms. The Balaban J connectivity index is 1.50. The summed E-state index contributed by atoms with van der Waals surface area (Å²) in [5.74, 6) is 0.915. The van der Waals surface area contributed by atoms with E-state index in [-0.39, 0.29) is 0 Å². The van der Waals surface area contributed by atoms with E-state index in [9.17, 15) is 0 Å². The summed E-state index contributed by atoms with van der Waals surface area (Å²) in [7, 11) is 2.20. The first-order valence-electron chi connectivity index (χ1n) is 10.2. The third kappa shape index (κ3) is 5.47. The second kappa shape index (κ2) is 9.76. The Labute approximate surface area is 163 Å². The minimum atomic E-state index is 0.475. The van der Waals surface area contributed by atoms with Gasteiger partial charge in [0, 0.05) is 62.4 Å². The van der Waals surface area contributed by atoms with Crippen molar-refractivity contribution in [2.75, 3.05) is 52.9 Å². The van der Waals surface area contributed by atoms with Crippen molar-refractivity contribution >= 4 is 16.9 Å². The highest BCUT2D eigenvalue weighted by Gasteiger charge is 2.18. The molecule has 1 aromatic carbocycles. The summed E-state index contributed by atoms with van der Waals surface area (Å²) in [5, 5.41) is 8.17. The third-order valence-corrected chi connectivity index (χ3v) is 5.38. The molecule has 0 aliphatic carbocycles. The van der Waals surface area contributed by atoms with Gasteiger partial charge in [-0.1, -0.05) is 18.2 Å². The normalized spacial score (nSPS) is 18.0. The molecule has 2 aromatic rings. The lowest BCUT2D eigenvalue weighted by molar-refractivity contribution is 0.122. The smallest absolute Gasteiger partial charge is 0.191 e. The van der Waals surface area contributed by atoms with Gasteiger partial charge in [0.15, 0.2) is 5.96 Å². The summed E-state index contributed by atoms with van der Waals surface area (Å²) in [5.41, 5.74) is 2.55. The van der Waals surface area contributed by atoms with Crippen molar-refractivity contribution < 1.29 is 0 Å². The lowest BCUT2D eigenvalue weighted by atomic mass is 10.1. The van der Waals surface area contributed by atoms with Crippen molar-refractivity contribution in [1.82, 2.24) is 25.4 Å². The van der Waals surface area contributed by atoms with Crippen LogP contribution in [0.5, 0.6) is 0 Å². The van der Waals surface area contributed by atoms with Gasteiger partial charge in [0.1, 0.15) is 0 Å². The van der Waals surface area contributed by atoms with E-state index in [1.165, 1.54) is 16.5 Å². The fraction of sp³-hybridized carbons (Fsp3) is 0.571. The summed E-state index contributed by atoms with van der Waals surface area (Å²) < 4.78 is 0. The molecule has 0 spiro atoms. The first-order chi connectivity index (χ1) is 13.2. The number of nitrogens with one attached hydrogen (secondary N) is 3. The van der Waals surface area contributed by atoms with Crippen LogP contribution in [0.1, 0.15) is 19.4 Å². The number of fused-ring (bicyclic) bond motifs is 1. The highest BCUT2D eigenvalue weighted by atomic mass is 15.3. The number of H-pyrrole nitrogens is 1. The molecular weight excluding hydrogens is 336 g/mol. The number of aliphatic imine (C=N–C) groups is 1. The molecule has 27 heavy (non-hydrogen) atoms. The van der Waals surface area contributed by atoms with E-state index < -0.39 is 0 Å². The predicted molar refractivity (Wildman–Crippen MR) is 115 cm³/mol. The molecule has 2 heterocycles. The van der Waals surface area contributed by atoms with Crippen LogP contribution < -0.4 is 10.6 Å². The van der Waals surface area contributed by atoms with Crippen molar-refractivity contribution in [3.05, 3.63) is 36.0 Å². The Bertz CT molecular complexity index is 729. The van der Waals surface area contributed by atoms with Gasteiger partial charge in [-0.05, 0) is 38.9 Å². The Hall–Kier alpha value is -2.05. The molecule has 3 rings (SSSR count). The summed E-state index contributed by atoms with van der Waals surface area (Å²) in [4.78, 5) is 13.1. The first-order valence-corrected chi connectivity index (χ1v) is 10.2. The Morgan fingerprint density at radius 1 is 1.19 bits per heavy atom. The number of hydrogen-bond acceptors (Lipinski definition) is 3. The van der Waals surface area contributed by atoms with Crippen LogP contribution in [-0.2, 0) is 6.42 Å². The van der Waals surface area contributed by atoms with Crippen LogP contribution in [0.15, 0.2) is 35.5 Å². The number of nitrogens with zero attached hydrogens (tertiary/aromatic N) is 3. The van der Waals surface area contributed by atoms with Crippen LogP contribution in [0.3, 0.4) is 0 Å². The number of benzene rings is 1. The Kier molecular flexibility index (Phi) is 7.12. The highest BCUT2D eigenvalue weighted by molar-refractivity contribution is 5.83. The average molecular weight is 371 g/mol. The standard InChI is InChI=1S/C21H34N6/c1-4-22-21(25-15-17(2)27-13-11-26(3)12-14-27)23-10-9-18-16-24-20-8-6-5-7-19(18)20/h5-8,16-17,24H,4,9-15H2,1-3H3,(H2,22,23,25). The summed E-state index contributed by atoms with van der Waals surface area (Å²) in [6.07, 6.45) is 3.09. The van der Waals surface area contributed by atoms with Crippen molar-refractivity contribution in [2.24, 2.45) is 4.99 Å². The SMILES string of the molecule is CCNC(=NCC(C)N1CCN(C)CC1)NCCc1c[nH]c2ccccc12. The zero-order valence-corrected chi connectivity index (χ0v) is 17.0. The molecule has 1 unspecified atom stereocenters. The Morgan fingerprint density at radius 3 is 2.74 bits per heavy atom. The number of likely N-dealkylation sites (N-methyl/N-ethyl adjacent to an activating group) is 1. The molecule has 1 aliphatic rings. The minimum absolute atomic E-state index is 0.475. The van der Waals surface area contributed by atoms with E-state index in [1.807, 2.05) is 0 Å². The fourth-order valence-electron chi connectivity index (χ4n) is 3.60. The maximum Gasteiger partial charge on any atom is 0.191 e. The topological polar surface area (TPSA) is 58.7 Å². The molecule has 0 radical (unpaired) electrons. The fourth-order valence-corrected chi connectivity index (χ4v) is 3.60. The highest BCUT2D eigenvalue weighted by Crippen LogP contribution is 2.17. The maximum absolute atomic E-state index is 4.82. The molecule has 0 amide bonds. The molecule has 1 aromatic heterocycles. The van der Waals surface area contributed by atoms with Crippen molar-refractivity contribution in [3.8, 4) is 0 Å². The van der Waals surface area contributed by atoms with Gasteiger partial charge in [0.05, 0.1) is 6.54 Å². The van der Waals surface area contributed by atoms with E-state index in [1.54, 1.807) is 0 Å². The lowest BCUT2D eigenvalue weighted by Gasteiger charge is -2.35. The van der Waals surface area contributed by atoms with Crippen LogP contribution in [0.4, 0.5) is 0 Å². The van der Waals surface area contributed by atoms with Crippen LogP contribution in [0, 0.1) is 0 Å². The molecule has 148 valence electrons. The largest absolute Gasteiger partial charge is 0.361 e.